The van der Waals surface area contributed by atoms with E-state index >= 15 is 0 Å². The first kappa shape index (κ1) is 12.3. The summed E-state index contributed by atoms with van der Waals surface area (Å²) in [5, 5.41) is 3.34. The zero-order valence-corrected chi connectivity index (χ0v) is 11.8. The van der Waals surface area contributed by atoms with E-state index in [1.165, 1.54) is 0 Å². The molecule has 0 bridgehead atoms. The third-order valence-corrected chi connectivity index (χ3v) is 3.23. The van der Waals surface area contributed by atoms with E-state index in [1.807, 2.05) is 30.5 Å². The normalized spacial score (nSPS) is 13.1. The van der Waals surface area contributed by atoms with Gasteiger partial charge in [0.2, 0.25) is 0 Å². The number of fused-ring (bicyclic) bond motifs is 1. The van der Waals surface area contributed by atoms with Gasteiger partial charge in [0.05, 0.1) is 0 Å². The first-order valence-corrected chi connectivity index (χ1v) is 6.83. The standard InChI is InChI=1S/C14H13BrN2O2/c15-11-5-10(7-16-9-11)8-17-12-1-2-13-14(6-12)19-4-3-18-13/h1-2,5-7,9,17H,3-4,8H2. The first-order valence-electron chi connectivity index (χ1n) is 6.04. The second kappa shape index (κ2) is 5.48. The van der Waals surface area contributed by atoms with Crippen molar-refractivity contribution < 1.29 is 9.47 Å². The van der Waals surface area contributed by atoms with E-state index in [9.17, 15) is 0 Å². The van der Waals surface area contributed by atoms with Crippen molar-refractivity contribution in [1.82, 2.24) is 4.98 Å². The Balaban J connectivity index is 1.70. The molecule has 0 amide bonds. The van der Waals surface area contributed by atoms with E-state index in [0.717, 1.165) is 27.2 Å². The summed E-state index contributed by atoms with van der Waals surface area (Å²) in [4.78, 5) is 4.14. The van der Waals surface area contributed by atoms with E-state index in [2.05, 4.69) is 26.2 Å². The van der Waals surface area contributed by atoms with Crippen LogP contribution in [-0.4, -0.2) is 18.2 Å². The maximum atomic E-state index is 5.55. The maximum absolute atomic E-state index is 5.55. The van der Waals surface area contributed by atoms with E-state index < -0.39 is 0 Å². The van der Waals surface area contributed by atoms with Crippen molar-refractivity contribution in [2.45, 2.75) is 6.54 Å². The Labute approximate surface area is 119 Å². The molecule has 0 saturated carbocycles. The molecule has 2 heterocycles. The third kappa shape index (κ3) is 2.98. The summed E-state index contributed by atoms with van der Waals surface area (Å²) < 4.78 is 12.0. The zero-order valence-electron chi connectivity index (χ0n) is 10.2. The lowest BCUT2D eigenvalue weighted by molar-refractivity contribution is 0.171. The van der Waals surface area contributed by atoms with Crippen LogP contribution in [0.25, 0.3) is 0 Å². The lowest BCUT2D eigenvalue weighted by Gasteiger charge is -2.19. The predicted octanol–water partition coefficient (Wildman–Crippen LogP) is 3.23. The maximum Gasteiger partial charge on any atom is 0.163 e. The Morgan fingerprint density at radius 2 is 1.95 bits per heavy atom. The number of hydrogen-bond acceptors (Lipinski definition) is 4. The number of nitrogens with one attached hydrogen (secondary N) is 1. The lowest BCUT2D eigenvalue weighted by Crippen LogP contribution is -2.15. The highest BCUT2D eigenvalue weighted by atomic mass is 79.9. The Morgan fingerprint density at radius 3 is 2.79 bits per heavy atom. The second-order valence-electron chi connectivity index (χ2n) is 4.22. The molecule has 0 radical (unpaired) electrons. The molecule has 1 aromatic carbocycles. The molecule has 1 aliphatic heterocycles. The molecule has 0 aliphatic carbocycles. The summed E-state index contributed by atoms with van der Waals surface area (Å²) in [5.74, 6) is 1.60. The van der Waals surface area contributed by atoms with Gasteiger partial charge < -0.3 is 14.8 Å². The summed E-state index contributed by atoms with van der Waals surface area (Å²) in [5.41, 5.74) is 2.12. The van der Waals surface area contributed by atoms with Gasteiger partial charge >= 0.3 is 0 Å². The van der Waals surface area contributed by atoms with Crippen molar-refractivity contribution in [2.75, 3.05) is 18.5 Å². The highest BCUT2D eigenvalue weighted by Gasteiger charge is 2.11. The van der Waals surface area contributed by atoms with Gasteiger partial charge in [0.15, 0.2) is 11.5 Å². The average molecular weight is 321 g/mol. The van der Waals surface area contributed by atoms with Gasteiger partial charge in [-0.3, -0.25) is 4.98 Å². The fourth-order valence-corrected chi connectivity index (χ4v) is 2.32. The first-order chi connectivity index (χ1) is 9.31. The Hall–Kier alpha value is -1.75. The van der Waals surface area contributed by atoms with Crippen LogP contribution in [0.4, 0.5) is 5.69 Å². The van der Waals surface area contributed by atoms with Crippen LogP contribution >= 0.6 is 15.9 Å². The number of pyridine rings is 1. The number of rotatable bonds is 3. The largest absolute Gasteiger partial charge is 0.486 e. The van der Waals surface area contributed by atoms with E-state index in [0.29, 0.717) is 19.8 Å². The summed E-state index contributed by atoms with van der Waals surface area (Å²) in [7, 11) is 0. The molecule has 0 unspecified atom stereocenters. The zero-order chi connectivity index (χ0) is 13.1. The molecule has 4 nitrogen and oxygen atoms in total. The molecule has 1 aliphatic rings. The molecule has 3 rings (SSSR count). The van der Waals surface area contributed by atoms with Gasteiger partial charge in [-0.25, -0.2) is 0 Å². The van der Waals surface area contributed by atoms with Crippen molar-refractivity contribution in [3.05, 3.63) is 46.7 Å². The van der Waals surface area contributed by atoms with Crippen LogP contribution in [0.3, 0.4) is 0 Å². The van der Waals surface area contributed by atoms with Crippen LogP contribution in [0.15, 0.2) is 41.1 Å². The SMILES string of the molecule is Brc1cncc(CNc2ccc3c(c2)OCCO3)c1. The van der Waals surface area contributed by atoms with Crippen LogP contribution in [0.5, 0.6) is 11.5 Å². The monoisotopic (exact) mass is 320 g/mol. The molecule has 1 aromatic heterocycles. The molecule has 2 aromatic rings. The third-order valence-electron chi connectivity index (χ3n) is 2.80. The number of anilines is 1. The summed E-state index contributed by atoms with van der Waals surface area (Å²) in [6, 6.07) is 7.91. The summed E-state index contributed by atoms with van der Waals surface area (Å²) in [6.07, 6.45) is 3.61. The van der Waals surface area contributed by atoms with Gasteiger partial charge in [0, 0.05) is 35.2 Å². The second-order valence-corrected chi connectivity index (χ2v) is 5.14. The van der Waals surface area contributed by atoms with E-state index in [4.69, 9.17) is 9.47 Å². The number of aromatic nitrogens is 1. The minimum absolute atomic E-state index is 0.603. The van der Waals surface area contributed by atoms with Crippen molar-refractivity contribution in [3.63, 3.8) is 0 Å². The van der Waals surface area contributed by atoms with Crippen LogP contribution in [0, 0.1) is 0 Å². The van der Waals surface area contributed by atoms with Gasteiger partial charge in [0.25, 0.3) is 0 Å². The molecule has 0 saturated heterocycles. The molecular formula is C14H13BrN2O2. The molecule has 0 fully saturated rings. The van der Waals surface area contributed by atoms with Crippen molar-refractivity contribution in [1.29, 1.82) is 0 Å². The van der Waals surface area contributed by atoms with Crippen LogP contribution in [0.2, 0.25) is 0 Å². The Kier molecular flexibility index (Phi) is 3.55. The number of benzene rings is 1. The minimum atomic E-state index is 0.603. The van der Waals surface area contributed by atoms with Crippen LogP contribution in [-0.2, 0) is 6.54 Å². The number of hydrogen-bond donors (Lipinski definition) is 1. The molecule has 1 N–H and O–H groups in total. The fourth-order valence-electron chi connectivity index (χ4n) is 1.91. The van der Waals surface area contributed by atoms with Crippen LogP contribution < -0.4 is 14.8 Å². The lowest BCUT2D eigenvalue weighted by atomic mass is 10.2. The highest BCUT2D eigenvalue weighted by Crippen LogP contribution is 2.32. The van der Waals surface area contributed by atoms with Crippen molar-refractivity contribution in [3.8, 4) is 11.5 Å². The molecule has 5 heteroatoms. The predicted molar refractivity (Wildman–Crippen MR) is 76.7 cm³/mol. The van der Waals surface area contributed by atoms with Crippen molar-refractivity contribution in [2.24, 2.45) is 0 Å². The fraction of sp³-hybridized carbons (Fsp3) is 0.214. The van der Waals surface area contributed by atoms with Gasteiger partial charge in [-0.15, -0.1) is 0 Å². The summed E-state index contributed by atoms with van der Waals surface area (Å²) in [6.45, 7) is 1.93. The molecule has 98 valence electrons. The van der Waals surface area contributed by atoms with Crippen molar-refractivity contribution >= 4 is 21.6 Å². The highest BCUT2D eigenvalue weighted by molar-refractivity contribution is 9.10. The smallest absolute Gasteiger partial charge is 0.163 e. The Morgan fingerprint density at radius 1 is 1.11 bits per heavy atom. The summed E-state index contributed by atoms with van der Waals surface area (Å²) >= 11 is 3.41. The molecular weight excluding hydrogens is 308 g/mol. The van der Waals surface area contributed by atoms with E-state index in [-0.39, 0.29) is 0 Å². The minimum Gasteiger partial charge on any atom is -0.486 e. The number of nitrogens with zero attached hydrogens (tertiary/aromatic N) is 1. The average Bonchev–Trinajstić information content (AvgIpc) is 2.45. The quantitative estimate of drug-likeness (QED) is 0.943. The van der Waals surface area contributed by atoms with Gasteiger partial charge in [-0.2, -0.15) is 0 Å². The molecule has 0 spiro atoms. The van der Waals surface area contributed by atoms with Gasteiger partial charge in [0.1, 0.15) is 13.2 Å². The van der Waals surface area contributed by atoms with Gasteiger partial charge in [-0.1, -0.05) is 0 Å². The topological polar surface area (TPSA) is 43.4 Å². The van der Waals surface area contributed by atoms with E-state index in [1.54, 1.807) is 6.20 Å². The number of halogens is 1. The molecule has 19 heavy (non-hydrogen) atoms. The Bertz CT molecular complexity index is 589. The van der Waals surface area contributed by atoms with Gasteiger partial charge in [-0.05, 0) is 39.7 Å². The van der Waals surface area contributed by atoms with Crippen LogP contribution in [0.1, 0.15) is 5.56 Å². The number of ether oxygens (including phenoxy) is 2. The molecule has 0 atom stereocenters.